The first kappa shape index (κ1) is 19.2. The molecule has 0 bridgehead atoms. The first-order valence-corrected chi connectivity index (χ1v) is 9.53. The van der Waals surface area contributed by atoms with Crippen LogP contribution in [0.2, 0.25) is 0 Å². The van der Waals surface area contributed by atoms with Crippen molar-refractivity contribution in [2.45, 2.75) is 6.92 Å². The van der Waals surface area contributed by atoms with Crippen molar-refractivity contribution >= 4 is 46.0 Å². The molecule has 1 saturated heterocycles. The summed E-state index contributed by atoms with van der Waals surface area (Å²) in [4.78, 5) is 15.1. The van der Waals surface area contributed by atoms with Crippen molar-refractivity contribution in [1.29, 1.82) is 0 Å². The molecule has 1 fully saturated rings. The van der Waals surface area contributed by atoms with Gasteiger partial charge >= 0.3 is 0 Å². The number of rotatable bonds is 6. The molecule has 0 atom stereocenters. The predicted molar refractivity (Wildman–Crippen MR) is 116 cm³/mol. The Kier molecular flexibility index (Phi) is 5.98. The summed E-state index contributed by atoms with van der Waals surface area (Å²) in [5, 5.41) is 0. The molecule has 0 N–H and O–H groups in total. The number of thioether (sulfide) groups is 1. The monoisotopic (exact) mass is 397 g/mol. The van der Waals surface area contributed by atoms with Crippen LogP contribution in [-0.2, 0) is 4.79 Å². The van der Waals surface area contributed by atoms with Gasteiger partial charge < -0.3 is 9.47 Å². The molecule has 1 aliphatic rings. The van der Waals surface area contributed by atoms with Gasteiger partial charge in [-0.15, -0.1) is 0 Å². The van der Waals surface area contributed by atoms with Gasteiger partial charge in [0.15, 0.2) is 15.8 Å². The van der Waals surface area contributed by atoms with E-state index in [2.05, 4.69) is 6.58 Å². The quantitative estimate of drug-likeness (QED) is 0.391. The Hall–Kier alpha value is -2.57. The number of carbonyl (C=O) groups is 1. The highest BCUT2D eigenvalue weighted by atomic mass is 32.2. The third-order valence-electron chi connectivity index (χ3n) is 3.99. The Balaban J connectivity index is 1.90. The fraction of sp³-hybridized carbons (Fsp3) is 0.143. The highest BCUT2D eigenvalue weighted by Crippen LogP contribution is 2.38. The molecule has 27 heavy (non-hydrogen) atoms. The van der Waals surface area contributed by atoms with E-state index in [-0.39, 0.29) is 5.91 Å². The summed E-state index contributed by atoms with van der Waals surface area (Å²) in [5.74, 6) is 1.10. The molecule has 0 spiro atoms. The predicted octanol–water partition coefficient (Wildman–Crippen LogP) is 4.97. The van der Waals surface area contributed by atoms with E-state index in [9.17, 15) is 4.79 Å². The molecule has 0 unspecified atom stereocenters. The summed E-state index contributed by atoms with van der Waals surface area (Å²) in [5.41, 5.74) is 2.65. The molecule has 4 nitrogen and oxygen atoms in total. The number of amides is 1. The van der Waals surface area contributed by atoms with E-state index in [0.29, 0.717) is 27.3 Å². The van der Waals surface area contributed by atoms with Crippen molar-refractivity contribution in [2.75, 3.05) is 18.6 Å². The van der Waals surface area contributed by atoms with Gasteiger partial charge in [0, 0.05) is 0 Å². The van der Waals surface area contributed by atoms with Gasteiger partial charge in [0.25, 0.3) is 5.91 Å². The minimum absolute atomic E-state index is 0.120. The lowest BCUT2D eigenvalue weighted by Crippen LogP contribution is -2.28. The van der Waals surface area contributed by atoms with Crippen molar-refractivity contribution in [1.82, 2.24) is 0 Å². The second-order valence-electron chi connectivity index (χ2n) is 5.81. The van der Waals surface area contributed by atoms with E-state index < -0.39 is 0 Å². The van der Waals surface area contributed by atoms with Crippen LogP contribution < -0.4 is 14.4 Å². The molecule has 2 aromatic rings. The van der Waals surface area contributed by atoms with E-state index >= 15 is 0 Å². The van der Waals surface area contributed by atoms with Gasteiger partial charge in [0.05, 0.1) is 17.7 Å². The molecule has 1 heterocycles. The number of nitrogens with zero attached hydrogens (tertiary/aromatic N) is 1. The number of carbonyl (C=O) groups excluding carboxylic acids is 1. The average Bonchev–Trinajstić information content (AvgIpc) is 2.94. The zero-order valence-corrected chi connectivity index (χ0v) is 16.7. The molecule has 6 heteroatoms. The molecule has 3 rings (SSSR count). The topological polar surface area (TPSA) is 38.8 Å². The molecule has 1 amide bonds. The molecule has 138 valence electrons. The summed E-state index contributed by atoms with van der Waals surface area (Å²) < 4.78 is 11.5. The summed E-state index contributed by atoms with van der Waals surface area (Å²) in [6.45, 7) is 5.99. The average molecular weight is 398 g/mol. The molecule has 1 aliphatic heterocycles. The number of benzene rings is 2. The molecule has 0 aliphatic carbocycles. The maximum atomic E-state index is 12.9. The van der Waals surface area contributed by atoms with Crippen LogP contribution in [0.4, 0.5) is 5.69 Å². The molecule has 2 aromatic carbocycles. The van der Waals surface area contributed by atoms with Crippen LogP contribution in [0.5, 0.6) is 11.5 Å². The molecular formula is C21H19NO3S2. The molecule has 0 saturated carbocycles. The molecular weight excluding hydrogens is 378 g/mol. The maximum Gasteiger partial charge on any atom is 0.270 e. The largest absolute Gasteiger partial charge is 0.493 e. The number of aryl methyl sites for hydroxylation is 1. The highest BCUT2D eigenvalue weighted by Gasteiger charge is 2.33. The van der Waals surface area contributed by atoms with Crippen LogP contribution in [0.1, 0.15) is 11.1 Å². The van der Waals surface area contributed by atoms with Crippen LogP contribution in [0.25, 0.3) is 6.08 Å². The van der Waals surface area contributed by atoms with Gasteiger partial charge in [-0.3, -0.25) is 9.69 Å². The van der Waals surface area contributed by atoms with Gasteiger partial charge in [0.2, 0.25) is 0 Å². The second kappa shape index (κ2) is 8.41. The number of thiocarbonyl (C=S) groups is 1. The third-order valence-corrected chi connectivity index (χ3v) is 5.29. The molecule has 0 aromatic heterocycles. The summed E-state index contributed by atoms with van der Waals surface area (Å²) in [6.07, 6.45) is 3.49. The number of para-hydroxylation sites is 1. The van der Waals surface area contributed by atoms with E-state index in [0.717, 1.165) is 16.8 Å². The lowest BCUT2D eigenvalue weighted by molar-refractivity contribution is -0.113. The van der Waals surface area contributed by atoms with E-state index in [4.69, 9.17) is 21.7 Å². The number of hydrogen-bond donors (Lipinski definition) is 0. The zero-order valence-electron chi connectivity index (χ0n) is 15.1. The lowest BCUT2D eigenvalue weighted by Gasteiger charge is -2.16. The Morgan fingerprint density at radius 2 is 2.00 bits per heavy atom. The number of ether oxygens (including phenoxy) is 2. The van der Waals surface area contributed by atoms with E-state index in [1.165, 1.54) is 11.8 Å². The van der Waals surface area contributed by atoms with Gasteiger partial charge in [-0.05, 0) is 42.3 Å². The summed E-state index contributed by atoms with van der Waals surface area (Å²) >= 11 is 6.74. The summed E-state index contributed by atoms with van der Waals surface area (Å²) in [6, 6.07) is 13.2. The Morgan fingerprint density at radius 3 is 2.70 bits per heavy atom. The molecule has 0 radical (unpaired) electrons. The second-order valence-corrected chi connectivity index (χ2v) is 7.49. The first-order chi connectivity index (χ1) is 13.0. The fourth-order valence-electron chi connectivity index (χ4n) is 2.68. The highest BCUT2D eigenvalue weighted by molar-refractivity contribution is 8.27. The van der Waals surface area contributed by atoms with Gasteiger partial charge in [-0.1, -0.05) is 60.9 Å². The van der Waals surface area contributed by atoms with Crippen LogP contribution in [-0.4, -0.2) is 23.9 Å². The third kappa shape index (κ3) is 4.07. The fourth-order valence-corrected chi connectivity index (χ4v) is 3.97. The van der Waals surface area contributed by atoms with Crippen LogP contribution >= 0.6 is 24.0 Å². The smallest absolute Gasteiger partial charge is 0.270 e. The van der Waals surface area contributed by atoms with Crippen molar-refractivity contribution < 1.29 is 14.3 Å². The normalized spacial score (nSPS) is 15.3. The SMILES string of the molecule is C=CCOc1ccc(C=C2SC(=S)N(c3ccccc3C)C2=O)cc1OC. The number of methoxy groups -OCH3 is 1. The van der Waals surface area contributed by atoms with Gasteiger partial charge in [0.1, 0.15) is 6.61 Å². The van der Waals surface area contributed by atoms with Crippen molar-refractivity contribution in [2.24, 2.45) is 0 Å². The standard InChI is InChI=1S/C21H19NO3S2/c1-4-11-25-17-10-9-15(12-18(17)24-3)13-19-20(23)22(21(26)27-19)16-8-6-5-7-14(16)2/h4-10,12-13H,1,11H2,2-3H3. The Bertz CT molecular complexity index is 937. The lowest BCUT2D eigenvalue weighted by atomic mass is 10.1. The van der Waals surface area contributed by atoms with E-state index in [1.807, 2.05) is 55.5 Å². The van der Waals surface area contributed by atoms with E-state index in [1.54, 1.807) is 18.1 Å². The summed E-state index contributed by atoms with van der Waals surface area (Å²) in [7, 11) is 1.58. The zero-order chi connectivity index (χ0) is 19.4. The van der Waals surface area contributed by atoms with Crippen LogP contribution in [0.15, 0.2) is 60.0 Å². The maximum absolute atomic E-state index is 12.9. The minimum atomic E-state index is -0.120. The number of hydrogen-bond acceptors (Lipinski definition) is 5. The van der Waals surface area contributed by atoms with Gasteiger partial charge in [-0.2, -0.15) is 0 Å². The van der Waals surface area contributed by atoms with Crippen molar-refractivity contribution in [3.05, 3.63) is 71.2 Å². The Labute approximate surface area is 168 Å². The van der Waals surface area contributed by atoms with Crippen molar-refractivity contribution in [3.8, 4) is 11.5 Å². The minimum Gasteiger partial charge on any atom is -0.493 e. The number of anilines is 1. The Morgan fingerprint density at radius 1 is 1.22 bits per heavy atom. The van der Waals surface area contributed by atoms with Crippen LogP contribution in [0.3, 0.4) is 0 Å². The van der Waals surface area contributed by atoms with Gasteiger partial charge in [-0.25, -0.2) is 0 Å². The van der Waals surface area contributed by atoms with Crippen molar-refractivity contribution in [3.63, 3.8) is 0 Å². The first-order valence-electron chi connectivity index (χ1n) is 8.30. The van der Waals surface area contributed by atoms with Crippen LogP contribution in [0, 0.1) is 6.92 Å².